The van der Waals surface area contributed by atoms with Gasteiger partial charge < -0.3 is 14.5 Å². The van der Waals surface area contributed by atoms with Crippen LogP contribution in [0.25, 0.3) is 0 Å². The van der Waals surface area contributed by atoms with Crippen molar-refractivity contribution >= 4 is 23.6 Å². The summed E-state index contributed by atoms with van der Waals surface area (Å²) in [5, 5.41) is 9.78. The molecule has 1 aromatic heterocycles. The second-order valence-corrected chi connectivity index (χ2v) is 9.85. The van der Waals surface area contributed by atoms with Crippen molar-refractivity contribution in [1.82, 2.24) is 19.7 Å². The average Bonchev–Trinajstić information content (AvgIpc) is 3.49. The van der Waals surface area contributed by atoms with Crippen molar-refractivity contribution in [2.45, 2.75) is 56.9 Å². The molecular formula is C22H31N5O2S. The van der Waals surface area contributed by atoms with E-state index in [0.717, 1.165) is 55.8 Å². The Balaban J connectivity index is 1.46. The van der Waals surface area contributed by atoms with Crippen LogP contribution in [0.4, 0.5) is 5.95 Å². The lowest BCUT2D eigenvalue weighted by Crippen LogP contribution is -2.46. The largest absolute Gasteiger partial charge is 0.378 e. The smallest absolute Gasteiger partial charge is 0.233 e. The molecule has 2 fully saturated rings. The average molecular weight is 430 g/mol. The summed E-state index contributed by atoms with van der Waals surface area (Å²) in [6, 6.07) is 10.6. The highest BCUT2D eigenvalue weighted by molar-refractivity contribution is 7.99. The van der Waals surface area contributed by atoms with Crippen molar-refractivity contribution in [1.29, 1.82) is 0 Å². The van der Waals surface area contributed by atoms with Crippen LogP contribution in [0.2, 0.25) is 0 Å². The number of thioether (sulfide) groups is 1. The Bertz CT molecular complexity index is 854. The van der Waals surface area contributed by atoms with Crippen LogP contribution in [-0.2, 0) is 16.1 Å². The minimum absolute atomic E-state index is 0.120. The number of nitrogens with zero attached hydrogens (tertiary/aromatic N) is 5. The van der Waals surface area contributed by atoms with Crippen molar-refractivity contribution in [3.8, 4) is 0 Å². The van der Waals surface area contributed by atoms with Crippen molar-refractivity contribution in [3.63, 3.8) is 0 Å². The maximum atomic E-state index is 13.2. The minimum atomic E-state index is -0.253. The maximum Gasteiger partial charge on any atom is 0.233 e. The molecule has 0 bridgehead atoms. The van der Waals surface area contributed by atoms with Gasteiger partial charge in [-0.15, -0.1) is 10.2 Å². The van der Waals surface area contributed by atoms with Crippen LogP contribution in [0.3, 0.4) is 0 Å². The Morgan fingerprint density at radius 1 is 1.17 bits per heavy atom. The van der Waals surface area contributed by atoms with E-state index >= 15 is 0 Å². The Kier molecular flexibility index (Phi) is 6.34. The van der Waals surface area contributed by atoms with E-state index < -0.39 is 0 Å². The molecule has 7 nitrogen and oxygen atoms in total. The van der Waals surface area contributed by atoms with Crippen LogP contribution < -0.4 is 4.90 Å². The van der Waals surface area contributed by atoms with Gasteiger partial charge in [0.2, 0.25) is 11.9 Å². The highest BCUT2D eigenvalue weighted by Gasteiger charge is 2.33. The third kappa shape index (κ3) is 4.98. The number of anilines is 1. The fraction of sp³-hybridized carbons (Fsp3) is 0.591. The number of rotatable bonds is 7. The number of carbonyl (C=O) groups is 1. The lowest BCUT2D eigenvalue weighted by atomic mass is 10.0. The normalized spacial score (nSPS) is 17.2. The fourth-order valence-electron chi connectivity index (χ4n) is 3.67. The molecule has 2 aromatic rings. The number of morpholine rings is 1. The van der Waals surface area contributed by atoms with Gasteiger partial charge in [-0.1, -0.05) is 42.1 Å². The Morgan fingerprint density at radius 2 is 1.87 bits per heavy atom. The van der Waals surface area contributed by atoms with Gasteiger partial charge >= 0.3 is 0 Å². The lowest BCUT2D eigenvalue weighted by molar-refractivity contribution is -0.133. The molecule has 1 aliphatic carbocycles. The maximum absolute atomic E-state index is 13.2. The molecule has 0 atom stereocenters. The van der Waals surface area contributed by atoms with Gasteiger partial charge in [0.05, 0.1) is 19.0 Å². The van der Waals surface area contributed by atoms with Gasteiger partial charge in [0.15, 0.2) is 5.16 Å². The van der Waals surface area contributed by atoms with E-state index in [4.69, 9.17) is 4.74 Å². The van der Waals surface area contributed by atoms with E-state index in [1.807, 2.05) is 23.1 Å². The first kappa shape index (κ1) is 21.2. The standard InChI is InChI=1S/C22H31N5O2S/c1-22(2,3)26(15-17-7-5-4-6-8-17)19(28)16-30-21-24-23-20(27(21)18-9-10-18)25-11-13-29-14-12-25/h4-8,18H,9-16H2,1-3H3. The first-order valence-corrected chi connectivity index (χ1v) is 11.7. The van der Waals surface area contributed by atoms with Crippen molar-refractivity contribution in [2.75, 3.05) is 37.0 Å². The molecule has 1 aromatic carbocycles. The third-order valence-corrected chi connectivity index (χ3v) is 6.40. The summed E-state index contributed by atoms with van der Waals surface area (Å²) < 4.78 is 7.71. The number of aromatic nitrogens is 3. The summed E-state index contributed by atoms with van der Waals surface area (Å²) in [5.41, 5.74) is 0.887. The zero-order chi connectivity index (χ0) is 21.1. The number of benzene rings is 1. The monoisotopic (exact) mass is 429 g/mol. The van der Waals surface area contributed by atoms with Gasteiger partial charge in [0, 0.05) is 31.2 Å². The van der Waals surface area contributed by atoms with E-state index in [0.29, 0.717) is 18.3 Å². The summed E-state index contributed by atoms with van der Waals surface area (Å²) >= 11 is 1.50. The van der Waals surface area contributed by atoms with Gasteiger partial charge in [0.25, 0.3) is 0 Å². The van der Waals surface area contributed by atoms with E-state index in [2.05, 4.69) is 52.6 Å². The van der Waals surface area contributed by atoms with E-state index in [1.165, 1.54) is 11.8 Å². The highest BCUT2D eigenvalue weighted by Crippen LogP contribution is 2.41. The van der Waals surface area contributed by atoms with Crippen LogP contribution in [0.1, 0.15) is 45.2 Å². The van der Waals surface area contributed by atoms with Crippen LogP contribution >= 0.6 is 11.8 Å². The molecule has 30 heavy (non-hydrogen) atoms. The van der Waals surface area contributed by atoms with Crippen LogP contribution in [0.5, 0.6) is 0 Å². The predicted octanol–water partition coefficient (Wildman–Crippen LogP) is 3.37. The van der Waals surface area contributed by atoms with Gasteiger partial charge in [-0.05, 0) is 39.2 Å². The molecular weight excluding hydrogens is 398 g/mol. The second kappa shape index (κ2) is 8.98. The predicted molar refractivity (Wildman–Crippen MR) is 119 cm³/mol. The Hall–Kier alpha value is -2.06. The number of carbonyl (C=O) groups excluding carboxylic acids is 1. The van der Waals surface area contributed by atoms with E-state index in [9.17, 15) is 4.79 Å². The number of hydrogen-bond donors (Lipinski definition) is 0. The molecule has 0 radical (unpaired) electrons. The Morgan fingerprint density at radius 3 is 2.50 bits per heavy atom. The summed E-state index contributed by atoms with van der Waals surface area (Å²) in [6.07, 6.45) is 2.30. The van der Waals surface area contributed by atoms with Gasteiger partial charge in [-0.3, -0.25) is 9.36 Å². The van der Waals surface area contributed by atoms with Crippen molar-refractivity contribution in [3.05, 3.63) is 35.9 Å². The molecule has 1 saturated carbocycles. The lowest BCUT2D eigenvalue weighted by Gasteiger charge is -2.36. The summed E-state index contributed by atoms with van der Waals surface area (Å²) in [4.78, 5) is 17.4. The Labute approximate surface area is 182 Å². The van der Waals surface area contributed by atoms with Crippen molar-refractivity contribution in [2.24, 2.45) is 0 Å². The quantitative estimate of drug-likeness (QED) is 0.629. The molecule has 0 unspecified atom stereocenters. The topological polar surface area (TPSA) is 63.5 Å². The highest BCUT2D eigenvalue weighted by atomic mass is 32.2. The van der Waals surface area contributed by atoms with E-state index in [1.54, 1.807) is 0 Å². The zero-order valence-corrected chi connectivity index (χ0v) is 18.9. The third-order valence-electron chi connectivity index (χ3n) is 5.47. The summed E-state index contributed by atoms with van der Waals surface area (Å²) in [5.74, 6) is 1.40. The van der Waals surface area contributed by atoms with Gasteiger partial charge in [-0.25, -0.2) is 0 Å². The number of hydrogen-bond acceptors (Lipinski definition) is 6. The number of ether oxygens (including phenoxy) is 1. The summed E-state index contributed by atoms with van der Waals surface area (Å²) in [6.45, 7) is 9.98. The fourth-order valence-corrected chi connectivity index (χ4v) is 4.55. The summed E-state index contributed by atoms with van der Waals surface area (Å²) in [7, 11) is 0. The van der Waals surface area contributed by atoms with Crippen LogP contribution in [0.15, 0.2) is 35.5 Å². The molecule has 8 heteroatoms. The van der Waals surface area contributed by atoms with Crippen LogP contribution in [0, 0.1) is 0 Å². The molecule has 2 heterocycles. The van der Waals surface area contributed by atoms with Crippen LogP contribution in [-0.4, -0.2) is 63.2 Å². The molecule has 1 aliphatic heterocycles. The molecule has 162 valence electrons. The molecule has 1 saturated heterocycles. The SMILES string of the molecule is CC(C)(C)N(Cc1ccccc1)C(=O)CSc1nnc(N2CCOCC2)n1C1CC1. The van der Waals surface area contributed by atoms with Gasteiger partial charge in [-0.2, -0.15) is 0 Å². The molecule has 0 N–H and O–H groups in total. The zero-order valence-electron chi connectivity index (χ0n) is 18.1. The molecule has 1 amide bonds. The molecule has 4 rings (SSSR count). The minimum Gasteiger partial charge on any atom is -0.378 e. The first-order valence-electron chi connectivity index (χ1n) is 10.7. The number of amides is 1. The second-order valence-electron chi connectivity index (χ2n) is 8.91. The van der Waals surface area contributed by atoms with E-state index in [-0.39, 0.29) is 11.4 Å². The van der Waals surface area contributed by atoms with Crippen molar-refractivity contribution < 1.29 is 9.53 Å². The van der Waals surface area contributed by atoms with Gasteiger partial charge in [0.1, 0.15) is 0 Å². The molecule has 2 aliphatic rings. The molecule has 0 spiro atoms. The first-order chi connectivity index (χ1) is 14.4.